The summed E-state index contributed by atoms with van der Waals surface area (Å²) in [6, 6.07) is 11.0. The first-order chi connectivity index (χ1) is 12.7. The van der Waals surface area contributed by atoms with E-state index in [4.69, 9.17) is 9.47 Å². The number of methoxy groups -OCH3 is 1. The van der Waals surface area contributed by atoms with Gasteiger partial charge in [-0.3, -0.25) is 9.69 Å². The van der Waals surface area contributed by atoms with E-state index in [1.54, 1.807) is 13.3 Å². The highest BCUT2D eigenvalue weighted by Gasteiger charge is 2.23. The molecule has 1 atom stereocenters. The molecule has 0 unspecified atom stereocenters. The van der Waals surface area contributed by atoms with Crippen LogP contribution in [0.5, 0.6) is 17.4 Å². The largest absolute Gasteiger partial charge is 0.493 e. The van der Waals surface area contributed by atoms with E-state index in [1.165, 1.54) is 0 Å². The average molecular weight is 355 g/mol. The fourth-order valence-electron chi connectivity index (χ4n) is 3.08. The number of carbonyl (C=O) groups is 1. The minimum atomic E-state index is -0.118. The molecule has 0 saturated carbocycles. The van der Waals surface area contributed by atoms with Crippen LogP contribution < -0.4 is 14.8 Å². The van der Waals surface area contributed by atoms with Gasteiger partial charge in [-0.1, -0.05) is 18.2 Å². The zero-order valence-electron chi connectivity index (χ0n) is 15.3. The smallest absolute Gasteiger partial charge is 0.237 e. The number of nitrogens with one attached hydrogen (secondary N) is 1. The van der Waals surface area contributed by atoms with Crippen molar-refractivity contribution in [2.45, 2.75) is 32.4 Å². The maximum Gasteiger partial charge on any atom is 0.237 e. The van der Waals surface area contributed by atoms with Crippen LogP contribution in [0.1, 0.15) is 25.3 Å². The van der Waals surface area contributed by atoms with Crippen LogP contribution in [0.15, 0.2) is 42.6 Å². The standard InChI is InChI=1S/C20H25N3O3/c1-15(23-12-5-6-13-23)19(24)22-14-16-8-7-11-21-20(16)26-18-10-4-3-9-17(18)25-2/h3-4,7-11,15H,5-6,12-14H2,1-2H3,(H,22,24)/t15-/m0/s1. The van der Waals surface area contributed by atoms with Crippen molar-refractivity contribution in [3.8, 4) is 17.4 Å². The molecule has 3 rings (SSSR count). The number of carbonyl (C=O) groups excluding carboxylic acids is 1. The van der Waals surface area contributed by atoms with Crippen molar-refractivity contribution in [1.82, 2.24) is 15.2 Å². The predicted octanol–water partition coefficient (Wildman–Crippen LogP) is 2.98. The van der Waals surface area contributed by atoms with Crippen LogP contribution in [0.4, 0.5) is 0 Å². The highest BCUT2D eigenvalue weighted by atomic mass is 16.5. The molecular weight excluding hydrogens is 330 g/mol. The van der Waals surface area contributed by atoms with Crippen LogP contribution in [-0.4, -0.2) is 42.0 Å². The molecule has 1 aliphatic rings. The summed E-state index contributed by atoms with van der Waals surface area (Å²) in [7, 11) is 1.60. The van der Waals surface area contributed by atoms with Gasteiger partial charge in [-0.15, -0.1) is 0 Å². The predicted molar refractivity (Wildman–Crippen MR) is 99.4 cm³/mol. The second-order valence-corrected chi connectivity index (χ2v) is 6.36. The minimum absolute atomic E-state index is 0.0268. The highest BCUT2D eigenvalue weighted by Crippen LogP contribution is 2.31. The molecule has 0 spiro atoms. The second-order valence-electron chi connectivity index (χ2n) is 6.36. The van der Waals surface area contributed by atoms with Crippen LogP contribution in [0.25, 0.3) is 0 Å². The molecule has 0 bridgehead atoms. The number of amides is 1. The molecule has 26 heavy (non-hydrogen) atoms. The molecule has 1 N–H and O–H groups in total. The Morgan fingerprint density at radius 3 is 2.65 bits per heavy atom. The lowest BCUT2D eigenvalue weighted by atomic mass is 10.2. The van der Waals surface area contributed by atoms with E-state index in [-0.39, 0.29) is 11.9 Å². The van der Waals surface area contributed by atoms with E-state index in [0.29, 0.717) is 23.9 Å². The maximum atomic E-state index is 12.4. The van der Waals surface area contributed by atoms with Crippen molar-refractivity contribution in [3.63, 3.8) is 0 Å². The second kappa shape index (κ2) is 8.67. The third-order valence-corrected chi connectivity index (χ3v) is 4.65. The number of likely N-dealkylation sites (tertiary alicyclic amines) is 1. The Balaban J connectivity index is 1.66. The fraction of sp³-hybridized carbons (Fsp3) is 0.400. The number of benzene rings is 1. The number of para-hydroxylation sites is 2. The molecule has 1 aromatic carbocycles. The lowest BCUT2D eigenvalue weighted by Crippen LogP contribution is -2.43. The molecule has 1 saturated heterocycles. The Morgan fingerprint density at radius 2 is 1.92 bits per heavy atom. The molecule has 2 heterocycles. The monoisotopic (exact) mass is 355 g/mol. The lowest BCUT2D eigenvalue weighted by molar-refractivity contribution is -0.125. The third kappa shape index (κ3) is 4.32. The van der Waals surface area contributed by atoms with Crippen molar-refractivity contribution in [2.24, 2.45) is 0 Å². The molecule has 2 aromatic rings. The van der Waals surface area contributed by atoms with Gasteiger partial charge in [0.1, 0.15) is 0 Å². The van der Waals surface area contributed by atoms with E-state index in [0.717, 1.165) is 31.5 Å². The van der Waals surface area contributed by atoms with E-state index in [2.05, 4.69) is 15.2 Å². The Morgan fingerprint density at radius 1 is 1.19 bits per heavy atom. The summed E-state index contributed by atoms with van der Waals surface area (Å²) in [4.78, 5) is 19.0. The van der Waals surface area contributed by atoms with Crippen LogP contribution in [0.3, 0.4) is 0 Å². The van der Waals surface area contributed by atoms with Gasteiger partial charge in [0.2, 0.25) is 11.8 Å². The summed E-state index contributed by atoms with van der Waals surface area (Å²) < 4.78 is 11.2. The van der Waals surface area contributed by atoms with Gasteiger partial charge in [-0.05, 0) is 51.1 Å². The van der Waals surface area contributed by atoms with Gasteiger partial charge < -0.3 is 14.8 Å². The molecule has 6 heteroatoms. The normalized spacial score (nSPS) is 15.5. The number of hydrogen-bond acceptors (Lipinski definition) is 5. The average Bonchev–Trinajstić information content (AvgIpc) is 3.21. The quantitative estimate of drug-likeness (QED) is 0.827. The molecule has 1 amide bonds. The van der Waals surface area contributed by atoms with Gasteiger partial charge in [0, 0.05) is 18.3 Å². The van der Waals surface area contributed by atoms with Crippen LogP contribution in [0.2, 0.25) is 0 Å². The van der Waals surface area contributed by atoms with E-state index in [9.17, 15) is 4.79 Å². The van der Waals surface area contributed by atoms with Crippen molar-refractivity contribution < 1.29 is 14.3 Å². The third-order valence-electron chi connectivity index (χ3n) is 4.65. The molecular formula is C20H25N3O3. The summed E-state index contributed by atoms with van der Waals surface area (Å²) in [5.41, 5.74) is 0.820. The Bertz CT molecular complexity index is 745. The molecule has 0 radical (unpaired) electrons. The Kier molecular flexibility index (Phi) is 6.07. The van der Waals surface area contributed by atoms with Crippen molar-refractivity contribution >= 4 is 5.91 Å². The van der Waals surface area contributed by atoms with Gasteiger partial charge >= 0.3 is 0 Å². The van der Waals surface area contributed by atoms with Gasteiger partial charge in [0.25, 0.3) is 0 Å². The summed E-state index contributed by atoms with van der Waals surface area (Å²) in [5.74, 6) is 1.72. The summed E-state index contributed by atoms with van der Waals surface area (Å²) in [5, 5.41) is 3.00. The van der Waals surface area contributed by atoms with Crippen molar-refractivity contribution in [2.75, 3.05) is 20.2 Å². The Hall–Kier alpha value is -2.60. The number of pyridine rings is 1. The van der Waals surface area contributed by atoms with Crippen molar-refractivity contribution in [3.05, 3.63) is 48.2 Å². The molecule has 1 aliphatic heterocycles. The van der Waals surface area contributed by atoms with Gasteiger partial charge in [-0.2, -0.15) is 0 Å². The lowest BCUT2D eigenvalue weighted by Gasteiger charge is -2.22. The number of rotatable bonds is 7. The van der Waals surface area contributed by atoms with Gasteiger partial charge in [0.15, 0.2) is 11.5 Å². The summed E-state index contributed by atoms with van der Waals surface area (Å²) >= 11 is 0. The first-order valence-corrected chi connectivity index (χ1v) is 8.95. The van der Waals surface area contributed by atoms with Crippen LogP contribution in [-0.2, 0) is 11.3 Å². The summed E-state index contributed by atoms with van der Waals surface area (Å²) in [6.07, 6.45) is 4.00. The number of hydrogen-bond donors (Lipinski definition) is 1. The molecule has 0 aliphatic carbocycles. The number of nitrogens with zero attached hydrogens (tertiary/aromatic N) is 2. The number of ether oxygens (including phenoxy) is 2. The molecule has 6 nitrogen and oxygen atoms in total. The van der Waals surface area contributed by atoms with E-state index < -0.39 is 0 Å². The molecule has 138 valence electrons. The topological polar surface area (TPSA) is 63.7 Å². The SMILES string of the molecule is COc1ccccc1Oc1ncccc1CNC(=O)[C@H](C)N1CCCC1. The number of aromatic nitrogens is 1. The first-order valence-electron chi connectivity index (χ1n) is 8.95. The van der Waals surface area contributed by atoms with Gasteiger partial charge in [-0.25, -0.2) is 4.98 Å². The zero-order valence-corrected chi connectivity index (χ0v) is 15.3. The van der Waals surface area contributed by atoms with E-state index >= 15 is 0 Å². The first kappa shape index (κ1) is 18.2. The van der Waals surface area contributed by atoms with Gasteiger partial charge in [0.05, 0.1) is 13.2 Å². The Labute approximate surface area is 154 Å². The zero-order chi connectivity index (χ0) is 18.4. The van der Waals surface area contributed by atoms with E-state index in [1.807, 2.05) is 43.3 Å². The minimum Gasteiger partial charge on any atom is -0.493 e. The molecule has 1 fully saturated rings. The van der Waals surface area contributed by atoms with Crippen LogP contribution in [0, 0.1) is 0 Å². The molecule has 1 aromatic heterocycles. The fourth-order valence-corrected chi connectivity index (χ4v) is 3.08. The maximum absolute atomic E-state index is 12.4. The van der Waals surface area contributed by atoms with Crippen LogP contribution >= 0.6 is 0 Å². The van der Waals surface area contributed by atoms with Crippen molar-refractivity contribution in [1.29, 1.82) is 0 Å². The summed E-state index contributed by atoms with van der Waals surface area (Å²) in [6.45, 7) is 4.30. The highest BCUT2D eigenvalue weighted by molar-refractivity contribution is 5.81.